The highest BCUT2D eigenvalue weighted by Gasteiger charge is 2.30. The van der Waals surface area contributed by atoms with Gasteiger partial charge in [0.25, 0.3) is 0 Å². The quantitative estimate of drug-likeness (QED) is 0.290. The van der Waals surface area contributed by atoms with Gasteiger partial charge in [0.1, 0.15) is 5.82 Å². The van der Waals surface area contributed by atoms with Crippen molar-refractivity contribution in [1.82, 2.24) is 0 Å². The van der Waals surface area contributed by atoms with E-state index >= 15 is 0 Å². The number of hydrogen-bond donors (Lipinski definition) is 0. The molecule has 31 heavy (non-hydrogen) atoms. The van der Waals surface area contributed by atoms with Crippen LogP contribution in [0.4, 0.5) is 4.39 Å². The molecule has 1 aliphatic rings. The number of halogens is 1. The monoisotopic (exact) mass is 428 g/mol. The minimum absolute atomic E-state index is 0.0927. The van der Waals surface area contributed by atoms with Crippen LogP contribution in [-0.4, -0.2) is 18.1 Å². The number of allylic oxidation sites excluding steroid dienone is 3. The van der Waals surface area contributed by atoms with Crippen LogP contribution < -0.4 is 0 Å². The molecule has 1 nitrogen and oxygen atoms in total. The fraction of sp³-hybridized carbons (Fsp3) is 0.107. The maximum Gasteiger partial charge on any atom is 0.123 e. The van der Waals surface area contributed by atoms with Crippen molar-refractivity contribution >= 4 is 23.3 Å². The first kappa shape index (κ1) is 21.3. The van der Waals surface area contributed by atoms with Crippen LogP contribution in [0.3, 0.4) is 0 Å². The van der Waals surface area contributed by atoms with Crippen LogP contribution in [0.25, 0.3) is 10.9 Å². The Balaban J connectivity index is 2.03. The fourth-order valence-electron chi connectivity index (χ4n) is 3.89. The number of benzene rings is 3. The molecule has 3 aromatic rings. The van der Waals surface area contributed by atoms with Gasteiger partial charge in [-0.15, -0.1) is 6.58 Å². The molecule has 0 fully saturated rings. The van der Waals surface area contributed by atoms with Crippen LogP contribution in [0.15, 0.2) is 110 Å². The lowest BCUT2D eigenvalue weighted by Crippen LogP contribution is -2.13. The standard InChI is InChI=1S/C28H26FOP/c1-4-21(2)30-31(3)27(23-11-7-5-8-12-23)19-25(22-15-17-26(29)18-16-22)20-28(31)24-13-9-6-10-14-24/h4-21H,1H2,2-3H3. The normalized spacial score (nSPS) is 19.4. The Morgan fingerprint density at radius 2 is 1.39 bits per heavy atom. The van der Waals surface area contributed by atoms with E-state index < -0.39 is 7.11 Å². The lowest BCUT2D eigenvalue weighted by Gasteiger charge is -2.34. The summed E-state index contributed by atoms with van der Waals surface area (Å²) in [7, 11) is -2.21. The van der Waals surface area contributed by atoms with Crippen LogP contribution in [0, 0.1) is 5.82 Å². The van der Waals surface area contributed by atoms with Gasteiger partial charge in [0.15, 0.2) is 0 Å². The zero-order valence-electron chi connectivity index (χ0n) is 17.8. The second kappa shape index (κ2) is 9.06. The SMILES string of the molecule is C=CC(C)OP1(C)=C(c2ccccc2)C=C(c2ccc(F)cc2)C=C1c1ccccc1. The first-order valence-electron chi connectivity index (χ1n) is 10.4. The summed E-state index contributed by atoms with van der Waals surface area (Å²) in [5, 5.41) is 2.34. The van der Waals surface area contributed by atoms with Gasteiger partial charge in [-0.05, 0) is 60.1 Å². The van der Waals surface area contributed by atoms with Crippen LogP contribution in [0.2, 0.25) is 0 Å². The van der Waals surface area contributed by atoms with Crippen LogP contribution in [0.1, 0.15) is 23.6 Å². The molecule has 0 aromatic heterocycles. The largest absolute Gasteiger partial charge is 0.350 e. The van der Waals surface area contributed by atoms with Crippen molar-refractivity contribution in [2.45, 2.75) is 13.0 Å². The molecule has 0 saturated carbocycles. The van der Waals surface area contributed by atoms with Crippen molar-refractivity contribution in [3.05, 3.63) is 132 Å². The summed E-state index contributed by atoms with van der Waals surface area (Å²) in [6, 6.07) is 27.4. The summed E-state index contributed by atoms with van der Waals surface area (Å²) < 4.78 is 20.3. The Morgan fingerprint density at radius 1 is 0.806 bits per heavy atom. The predicted octanol–water partition coefficient (Wildman–Crippen LogP) is 7.64. The van der Waals surface area contributed by atoms with Gasteiger partial charge < -0.3 is 4.52 Å². The van der Waals surface area contributed by atoms with Crippen molar-refractivity contribution in [2.24, 2.45) is 0 Å². The highest BCUT2D eigenvalue weighted by molar-refractivity contribution is 7.81. The van der Waals surface area contributed by atoms with Gasteiger partial charge >= 0.3 is 0 Å². The third-order valence-corrected chi connectivity index (χ3v) is 8.90. The van der Waals surface area contributed by atoms with E-state index in [1.807, 2.05) is 37.3 Å². The van der Waals surface area contributed by atoms with Gasteiger partial charge in [0.2, 0.25) is 0 Å². The Kier molecular flexibility index (Phi) is 6.23. The van der Waals surface area contributed by atoms with E-state index in [0.717, 1.165) is 22.3 Å². The number of hydrogen-bond acceptors (Lipinski definition) is 1. The average molecular weight is 428 g/mol. The van der Waals surface area contributed by atoms with Crippen molar-refractivity contribution in [3.8, 4) is 0 Å². The summed E-state index contributed by atoms with van der Waals surface area (Å²) >= 11 is 0. The van der Waals surface area contributed by atoms with Gasteiger partial charge in [0.05, 0.1) is 6.10 Å². The molecule has 1 heterocycles. The lowest BCUT2D eigenvalue weighted by molar-refractivity contribution is 0.305. The van der Waals surface area contributed by atoms with Gasteiger partial charge in [-0.2, -0.15) is 0 Å². The molecule has 0 aliphatic carbocycles. The second-order valence-electron chi connectivity index (χ2n) is 7.72. The molecule has 0 saturated heterocycles. The topological polar surface area (TPSA) is 9.23 Å². The zero-order chi connectivity index (χ0) is 21.8. The van der Waals surface area contributed by atoms with Crippen LogP contribution in [-0.2, 0) is 4.52 Å². The molecular formula is C28H26FOP. The van der Waals surface area contributed by atoms with E-state index in [9.17, 15) is 4.39 Å². The van der Waals surface area contributed by atoms with E-state index in [1.165, 1.54) is 22.7 Å². The van der Waals surface area contributed by atoms with Gasteiger partial charge in [-0.25, -0.2) is 4.39 Å². The maximum absolute atomic E-state index is 13.6. The molecule has 0 spiro atoms. The van der Waals surface area contributed by atoms with Gasteiger partial charge in [-0.1, -0.05) is 78.9 Å². The minimum Gasteiger partial charge on any atom is -0.350 e. The molecule has 4 rings (SSSR count). The molecule has 156 valence electrons. The van der Waals surface area contributed by atoms with E-state index in [2.05, 4.69) is 73.9 Å². The third-order valence-electron chi connectivity index (χ3n) is 5.53. The number of rotatable bonds is 6. The molecular weight excluding hydrogens is 402 g/mol. The summed E-state index contributed by atoms with van der Waals surface area (Å²) in [6.07, 6.45) is 6.16. The zero-order valence-corrected chi connectivity index (χ0v) is 18.7. The van der Waals surface area contributed by atoms with Crippen molar-refractivity contribution in [3.63, 3.8) is 0 Å². The minimum atomic E-state index is -2.21. The Bertz CT molecular complexity index is 1190. The molecule has 1 aliphatic heterocycles. The van der Waals surface area contributed by atoms with Crippen LogP contribution >= 0.6 is 7.11 Å². The second-order valence-corrected chi connectivity index (χ2v) is 10.7. The maximum atomic E-state index is 13.6. The summed E-state index contributed by atoms with van der Waals surface area (Å²) in [4.78, 5) is 0. The predicted molar refractivity (Wildman–Crippen MR) is 133 cm³/mol. The smallest absolute Gasteiger partial charge is 0.123 e. The van der Waals surface area contributed by atoms with E-state index in [4.69, 9.17) is 4.52 Å². The first-order chi connectivity index (χ1) is 15.0. The van der Waals surface area contributed by atoms with E-state index in [0.29, 0.717) is 0 Å². The molecule has 3 aromatic carbocycles. The van der Waals surface area contributed by atoms with E-state index in [-0.39, 0.29) is 11.9 Å². The highest BCUT2D eigenvalue weighted by Crippen LogP contribution is 2.63. The van der Waals surface area contributed by atoms with Crippen molar-refractivity contribution in [1.29, 1.82) is 0 Å². The van der Waals surface area contributed by atoms with Crippen molar-refractivity contribution < 1.29 is 8.91 Å². The van der Waals surface area contributed by atoms with Gasteiger partial charge in [0, 0.05) is 17.7 Å². The first-order valence-corrected chi connectivity index (χ1v) is 12.5. The average Bonchev–Trinajstić information content (AvgIpc) is 2.80. The lowest BCUT2D eigenvalue weighted by atomic mass is 10.0. The Labute approximate surface area is 184 Å². The Morgan fingerprint density at radius 3 is 1.97 bits per heavy atom. The molecule has 0 amide bonds. The molecule has 0 bridgehead atoms. The summed E-state index contributed by atoms with van der Waals surface area (Å²) in [5.74, 6) is -0.236. The highest BCUT2D eigenvalue weighted by atomic mass is 31.2. The van der Waals surface area contributed by atoms with Crippen molar-refractivity contribution in [2.75, 3.05) is 6.66 Å². The van der Waals surface area contributed by atoms with E-state index in [1.54, 1.807) is 0 Å². The summed E-state index contributed by atoms with van der Waals surface area (Å²) in [6.45, 7) is 8.20. The molecule has 0 radical (unpaired) electrons. The molecule has 3 heteroatoms. The van der Waals surface area contributed by atoms with Crippen LogP contribution in [0.5, 0.6) is 0 Å². The molecule has 0 N–H and O–H groups in total. The molecule has 2 unspecified atom stereocenters. The fourth-order valence-corrected chi connectivity index (χ4v) is 7.18. The van der Waals surface area contributed by atoms with Gasteiger partial charge in [-0.3, -0.25) is 0 Å². The molecule has 2 atom stereocenters. The summed E-state index contributed by atoms with van der Waals surface area (Å²) in [5.41, 5.74) is 4.29. The Hall–Kier alpha value is -2.93. The third kappa shape index (κ3) is 4.42.